The SMILES string of the molecule is c1ccc(-c2ccc(N(c3ccc(-c4ccc5oc6cc(-c7nc(-c8ccccc8)nc(-c8ccccc8)n7)ccc6c5c4)cc3)c3ccc4ccccc4c3)cc2)cc1. The molecule has 0 aliphatic rings. The lowest BCUT2D eigenvalue weighted by molar-refractivity contribution is 0.669. The van der Waals surface area contributed by atoms with Crippen LogP contribution in [-0.4, -0.2) is 15.0 Å². The summed E-state index contributed by atoms with van der Waals surface area (Å²) in [5.74, 6) is 1.85. The topological polar surface area (TPSA) is 55.1 Å². The monoisotopic (exact) mass is 768 g/mol. The van der Waals surface area contributed by atoms with Crippen LogP contribution in [-0.2, 0) is 0 Å². The Morgan fingerprint density at radius 3 is 1.37 bits per heavy atom. The van der Waals surface area contributed by atoms with Crippen molar-refractivity contribution in [2.75, 3.05) is 4.90 Å². The third-order valence-electron chi connectivity index (χ3n) is 11.1. The predicted molar refractivity (Wildman–Crippen MR) is 246 cm³/mol. The van der Waals surface area contributed by atoms with Gasteiger partial charge in [0.25, 0.3) is 0 Å². The molecule has 0 amide bonds. The van der Waals surface area contributed by atoms with Gasteiger partial charge in [-0.1, -0.05) is 158 Å². The van der Waals surface area contributed by atoms with Crippen molar-refractivity contribution in [2.24, 2.45) is 0 Å². The molecule has 60 heavy (non-hydrogen) atoms. The Balaban J connectivity index is 0.938. The molecular weight excluding hydrogens is 733 g/mol. The highest BCUT2D eigenvalue weighted by molar-refractivity contribution is 6.07. The van der Waals surface area contributed by atoms with Crippen LogP contribution in [0, 0.1) is 0 Å². The molecule has 2 aromatic heterocycles. The van der Waals surface area contributed by atoms with E-state index in [0.717, 1.165) is 66.8 Å². The maximum atomic E-state index is 6.47. The van der Waals surface area contributed by atoms with Gasteiger partial charge in [-0.25, -0.2) is 15.0 Å². The van der Waals surface area contributed by atoms with Gasteiger partial charge in [-0.2, -0.15) is 0 Å². The molecule has 0 bridgehead atoms. The maximum absolute atomic E-state index is 6.47. The van der Waals surface area contributed by atoms with Gasteiger partial charge in [-0.05, 0) is 93.7 Å². The van der Waals surface area contributed by atoms with E-state index in [4.69, 9.17) is 19.4 Å². The highest BCUT2D eigenvalue weighted by Gasteiger charge is 2.17. The Bertz CT molecular complexity index is 3230. The fourth-order valence-electron chi connectivity index (χ4n) is 8.03. The second-order valence-electron chi connectivity index (χ2n) is 14.9. The zero-order chi connectivity index (χ0) is 39.8. The van der Waals surface area contributed by atoms with Gasteiger partial charge in [0.2, 0.25) is 0 Å². The van der Waals surface area contributed by atoms with E-state index >= 15 is 0 Å². The summed E-state index contributed by atoms with van der Waals surface area (Å²) in [6.45, 7) is 0. The van der Waals surface area contributed by atoms with Crippen molar-refractivity contribution < 1.29 is 4.42 Å². The van der Waals surface area contributed by atoms with Crippen molar-refractivity contribution in [3.8, 4) is 56.4 Å². The highest BCUT2D eigenvalue weighted by Crippen LogP contribution is 2.39. The van der Waals surface area contributed by atoms with Crippen LogP contribution in [0.3, 0.4) is 0 Å². The van der Waals surface area contributed by atoms with Crippen LogP contribution >= 0.6 is 0 Å². The Morgan fingerprint density at radius 1 is 0.283 bits per heavy atom. The first kappa shape index (κ1) is 35.0. The third kappa shape index (κ3) is 6.64. The van der Waals surface area contributed by atoms with Gasteiger partial charge in [-0.15, -0.1) is 0 Å². The highest BCUT2D eigenvalue weighted by atomic mass is 16.3. The molecule has 11 rings (SSSR count). The molecule has 0 saturated carbocycles. The molecule has 0 aliphatic carbocycles. The van der Waals surface area contributed by atoms with Gasteiger partial charge < -0.3 is 9.32 Å². The molecule has 0 atom stereocenters. The zero-order valence-corrected chi connectivity index (χ0v) is 32.5. The summed E-state index contributed by atoms with van der Waals surface area (Å²) in [5, 5.41) is 4.51. The van der Waals surface area contributed by atoms with E-state index in [-0.39, 0.29) is 0 Å². The van der Waals surface area contributed by atoms with Crippen LogP contribution in [0.4, 0.5) is 17.1 Å². The lowest BCUT2D eigenvalue weighted by atomic mass is 10.0. The van der Waals surface area contributed by atoms with Crippen molar-refractivity contribution in [3.05, 3.63) is 218 Å². The van der Waals surface area contributed by atoms with Gasteiger partial charge in [0.15, 0.2) is 17.5 Å². The van der Waals surface area contributed by atoms with Crippen molar-refractivity contribution >= 4 is 49.8 Å². The van der Waals surface area contributed by atoms with E-state index in [2.05, 4.69) is 157 Å². The fraction of sp³-hybridized carbons (Fsp3) is 0. The molecule has 5 heteroatoms. The number of aromatic nitrogens is 3. The first-order valence-electron chi connectivity index (χ1n) is 20.1. The molecule has 0 saturated heterocycles. The standard InChI is InChI=1S/C55H36N4O/c1-4-12-37(13-5-1)39-20-27-46(28-21-39)59(48-31-24-38-14-10-11-19-43(38)34-48)47-29-22-40(23-30-47)44-26-33-51-50(35-44)49-32-25-45(36-52(49)60-51)55-57-53(41-15-6-2-7-16-41)56-54(58-55)42-17-8-3-9-18-42/h1-36H. The average molecular weight is 769 g/mol. The number of furan rings is 1. The Labute approximate surface area is 347 Å². The fourth-order valence-corrected chi connectivity index (χ4v) is 8.03. The van der Waals surface area contributed by atoms with Gasteiger partial charge in [-0.3, -0.25) is 0 Å². The summed E-state index contributed by atoms with van der Waals surface area (Å²) in [5.41, 5.74) is 12.2. The minimum absolute atomic E-state index is 0.593. The van der Waals surface area contributed by atoms with Crippen molar-refractivity contribution in [3.63, 3.8) is 0 Å². The van der Waals surface area contributed by atoms with Crippen LogP contribution in [0.5, 0.6) is 0 Å². The number of anilines is 3. The zero-order valence-electron chi connectivity index (χ0n) is 32.5. The van der Waals surface area contributed by atoms with E-state index in [9.17, 15) is 0 Å². The second-order valence-corrected chi connectivity index (χ2v) is 14.9. The van der Waals surface area contributed by atoms with Crippen LogP contribution in [0.25, 0.3) is 89.1 Å². The van der Waals surface area contributed by atoms with Crippen LogP contribution in [0.1, 0.15) is 0 Å². The molecule has 5 nitrogen and oxygen atoms in total. The molecule has 0 fully saturated rings. The summed E-state index contributed by atoms with van der Waals surface area (Å²) >= 11 is 0. The lowest BCUT2D eigenvalue weighted by Gasteiger charge is -2.26. The Hall–Kier alpha value is -8.15. The van der Waals surface area contributed by atoms with Crippen molar-refractivity contribution in [2.45, 2.75) is 0 Å². The lowest BCUT2D eigenvalue weighted by Crippen LogP contribution is -2.09. The average Bonchev–Trinajstić information content (AvgIpc) is 3.70. The summed E-state index contributed by atoms with van der Waals surface area (Å²) < 4.78 is 6.47. The number of fused-ring (bicyclic) bond motifs is 4. The van der Waals surface area contributed by atoms with Gasteiger partial charge in [0.05, 0.1) is 0 Å². The molecule has 0 unspecified atom stereocenters. The number of rotatable bonds is 8. The summed E-state index contributed by atoms with van der Waals surface area (Å²) in [6.07, 6.45) is 0. The van der Waals surface area contributed by atoms with E-state index in [1.54, 1.807) is 0 Å². The number of nitrogens with zero attached hydrogens (tertiary/aromatic N) is 4. The largest absolute Gasteiger partial charge is 0.456 e. The van der Waals surface area contributed by atoms with E-state index < -0.39 is 0 Å². The molecule has 2 heterocycles. The third-order valence-corrected chi connectivity index (χ3v) is 11.1. The summed E-state index contributed by atoms with van der Waals surface area (Å²) in [7, 11) is 0. The van der Waals surface area contributed by atoms with Crippen LogP contribution in [0.2, 0.25) is 0 Å². The molecule has 0 spiro atoms. The number of hydrogen-bond donors (Lipinski definition) is 0. The van der Waals surface area contributed by atoms with E-state index in [1.807, 2.05) is 66.7 Å². The van der Waals surface area contributed by atoms with E-state index in [0.29, 0.717) is 17.5 Å². The van der Waals surface area contributed by atoms with Gasteiger partial charge in [0.1, 0.15) is 11.2 Å². The van der Waals surface area contributed by atoms with Crippen LogP contribution < -0.4 is 4.90 Å². The van der Waals surface area contributed by atoms with Crippen molar-refractivity contribution in [1.29, 1.82) is 0 Å². The minimum atomic E-state index is 0.593. The molecule has 0 N–H and O–H groups in total. The van der Waals surface area contributed by atoms with Gasteiger partial charge >= 0.3 is 0 Å². The first-order chi connectivity index (χ1) is 29.7. The van der Waals surface area contributed by atoms with Crippen LogP contribution in [0.15, 0.2) is 223 Å². The molecule has 0 aliphatic heterocycles. The Kier molecular flexibility index (Phi) is 8.75. The molecule has 11 aromatic rings. The maximum Gasteiger partial charge on any atom is 0.164 e. The number of hydrogen-bond acceptors (Lipinski definition) is 5. The number of benzene rings is 9. The molecule has 282 valence electrons. The predicted octanol–water partition coefficient (Wildman–Crippen LogP) is 14.7. The minimum Gasteiger partial charge on any atom is -0.456 e. The van der Waals surface area contributed by atoms with E-state index in [1.165, 1.54) is 21.9 Å². The second kappa shape index (κ2) is 15.0. The Morgan fingerprint density at radius 2 is 0.750 bits per heavy atom. The molecule has 9 aromatic carbocycles. The smallest absolute Gasteiger partial charge is 0.164 e. The molecule has 0 radical (unpaired) electrons. The quantitative estimate of drug-likeness (QED) is 0.154. The summed E-state index contributed by atoms with van der Waals surface area (Å²) in [6, 6.07) is 76.1. The van der Waals surface area contributed by atoms with Crippen molar-refractivity contribution in [1.82, 2.24) is 15.0 Å². The molecular formula is C55H36N4O. The summed E-state index contributed by atoms with van der Waals surface area (Å²) in [4.78, 5) is 17.1. The van der Waals surface area contributed by atoms with Gasteiger partial charge in [0, 0.05) is 44.5 Å². The first-order valence-corrected chi connectivity index (χ1v) is 20.1. The normalized spacial score (nSPS) is 11.3.